The predicted molar refractivity (Wildman–Crippen MR) is 67.0 cm³/mol. The maximum absolute atomic E-state index is 12.3. The predicted octanol–water partition coefficient (Wildman–Crippen LogP) is 1.92. The standard InChI is InChI=1S/C12H15F3N2O3/c1-17(6-12(13,14)15)11(18)7-4-9(19-2)10(20-3)5-8(7)16/h4-5H,6,16H2,1-3H3. The lowest BCUT2D eigenvalue weighted by Gasteiger charge is -2.20. The molecule has 0 saturated heterocycles. The Morgan fingerprint density at radius 2 is 1.75 bits per heavy atom. The van der Waals surface area contributed by atoms with Gasteiger partial charge in [-0.3, -0.25) is 4.79 Å². The Labute approximate surface area is 114 Å². The van der Waals surface area contributed by atoms with Gasteiger partial charge in [0.1, 0.15) is 6.54 Å². The summed E-state index contributed by atoms with van der Waals surface area (Å²) in [5.41, 5.74) is 5.60. The topological polar surface area (TPSA) is 64.8 Å². The number of carbonyl (C=O) groups is 1. The molecule has 0 fully saturated rings. The Kier molecular flexibility index (Phi) is 4.69. The Morgan fingerprint density at radius 3 is 2.20 bits per heavy atom. The summed E-state index contributed by atoms with van der Waals surface area (Å²) in [6, 6.07) is 2.58. The number of ether oxygens (including phenoxy) is 2. The minimum absolute atomic E-state index is 0.0154. The van der Waals surface area contributed by atoms with E-state index in [-0.39, 0.29) is 17.0 Å². The van der Waals surface area contributed by atoms with Gasteiger partial charge in [-0.05, 0) is 6.07 Å². The van der Waals surface area contributed by atoms with Crippen molar-refractivity contribution in [1.29, 1.82) is 0 Å². The molecule has 1 aromatic carbocycles. The van der Waals surface area contributed by atoms with E-state index in [1.54, 1.807) is 0 Å². The number of benzene rings is 1. The first kappa shape index (κ1) is 15.9. The third kappa shape index (κ3) is 3.69. The Balaban J connectivity index is 3.10. The molecule has 112 valence electrons. The summed E-state index contributed by atoms with van der Waals surface area (Å²) in [7, 11) is 3.78. The summed E-state index contributed by atoms with van der Waals surface area (Å²) in [5.74, 6) is -0.341. The molecule has 5 nitrogen and oxygen atoms in total. The number of carbonyl (C=O) groups excluding carboxylic acids is 1. The third-order valence-electron chi connectivity index (χ3n) is 2.55. The molecular weight excluding hydrogens is 277 g/mol. The van der Waals surface area contributed by atoms with Crippen molar-refractivity contribution in [2.75, 3.05) is 33.5 Å². The van der Waals surface area contributed by atoms with E-state index in [1.807, 2.05) is 0 Å². The molecule has 2 N–H and O–H groups in total. The van der Waals surface area contributed by atoms with Crippen LogP contribution < -0.4 is 15.2 Å². The average molecular weight is 292 g/mol. The third-order valence-corrected chi connectivity index (χ3v) is 2.55. The van der Waals surface area contributed by atoms with E-state index in [9.17, 15) is 18.0 Å². The molecule has 0 aliphatic rings. The Hall–Kier alpha value is -2.12. The lowest BCUT2D eigenvalue weighted by atomic mass is 10.1. The van der Waals surface area contributed by atoms with Crippen LogP contribution in [-0.4, -0.2) is 44.8 Å². The van der Waals surface area contributed by atoms with Crippen LogP contribution in [0.3, 0.4) is 0 Å². The molecule has 0 saturated carbocycles. The molecule has 1 rings (SSSR count). The Bertz CT molecular complexity index is 503. The summed E-state index contributed by atoms with van der Waals surface area (Å²) in [5, 5.41) is 0. The lowest BCUT2D eigenvalue weighted by Crippen LogP contribution is -2.36. The van der Waals surface area contributed by atoms with Crippen LogP contribution >= 0.6 is 0 Å². The van der Waals surface area contributed by atoms with E-state index in [2.05, 4.69) is 0 Å². The molecule has 0 heterocycles. The smallest absolute Gasteiger partial charge is 0.406 e. The van der Waals surface area contributed by atoms with E-state index in [0.717, 1.165) is 7.05 Å². The molecule has 0 spiro atoms. The van der Waals surface area contributed by atoms with Crippen LogP contribution in [-0.2, 0) is 0 Å². The van der Waals surface area contributed by atoms with Gasteiger partial charge in [0, 0.05) is 18.8 Å². The minimum atomic E-state index is -4.48. The summed E-state index contributed by atoms with van der Waals surface area (Å²) >= 11 is 0. The summed E-state index contributed by atoms with van der Waals surface area (Å²) in [6.07, 6.45) is -4.48. The van der Waals surface area contributed by atoms with Crippen molar-refractivity contribution in [3.63, 3.8) is 0 Å². The van der Waals surface area contributed by atoms with Gasteiger partial charge >= 0.3 is 6.18 Å². The molecule has 20 heavy (non-hydrogen) atoms. The van der Waals surface area contributed by atoms with Crippen LogP contribution in [0.2, 0.25) is 0 Å². The first-order valence-electron chi connectivity index (χ1n) is 5.53. The SMILES string of the molecule is COc1cc(N)c(C(=O)N(C)CC(F)(F)F)cc1OC. The van der Waals surface area contributed by atoms with Crippen LogP contribution in [0.4, 0.5) is 18.9 Å². The fourth-order valence-electron chi connectivity index (χ4n) is 1.63. The maximum Gasteiger partial charge on any atom is 0.406 e. The number of alkyl halides is 3. The van der Waals surface area contributed by atoms with Gasteiger partial charge in [-0.2, -0.15) is 13.2 Å². The number of amides is 1. The monoisotopic (exact) mass is 292 g/mol. The Morgan fingerprint density at radius 1 is 1.25 bits per heavy atom. The van der Waals surface area contributed by atoms with Crippen LogP contribution in [0.1, 0.15) is 10.4 Å². The van der Waals surface area contributed by atoms with Crippen LogP contribution in [0.25, 0.3) is 0 Å². The van der Waals surface area contributed by atoms with E-state index in [1.165, 1.54) is 26.4 Å². The minimum Gasteiger partial charge on any atom is -0.493 e. The van der Waals surface area contributed by atoms with Gasteiger partial charge in [-0.1, -0.05) is 0 Å². The number of nitrogens with zero attached hydrogens (tertiary/aromatic N) is 1. The van der Waals surface area contributed by atoms with Crippen LogP contribution in [0.15, 0.2) is 12.1 Å². The second-order valence-electron chi connectivity index (χ2n) is 4.07. The van der Waals surface area contributed by atoms with Gasteiger partial charge in [0.2, 0.25) is 0 Å². The van der Waals surface area contributed by atoms with Crippen molar-refractivity contribution in [1.82, 2.24) is 4.90 Å². The molecule has 0 aliphatic carbocycles. The molecule has 0 unspecified atom stereocenters. The van der Waals surface area contributed by atoms with Crippen LogP contribution in [0.5, 0.6) is 11.5 Å². The molecule has 0 aliphatic heterocycles. The van der Waals surface area contributed by atoms with E-state index in [4.69, 9.17) is 15.2 Å². The van der Waals surface area contributed by atoms with Gasteiger partial charge in [-0.25, -0.2) is 0 Å². The van der Waals surface area contributed by atoms with Crippen molar-refractivity contribution >= 4 is 11.6 Å². The molecular formula is C12H15F3N2O3. The number of methoxy groups -OCH3 is 2. The zero-order valence-corrected chi connectivity index (χ0v) is 11.2. The summed E-state index contributed by atoms with van der Waals surface area (Å²) < 4.78 is 46.8. The van der Waals surface area contributed by atoms with Crippen molar-refractivity contribution in [3.05, 3.63) is 17.7 Å². The zero-order chi connectivity index (χ0) is 15.5. The first-order chi connectivity index (χ1) is 9.19. The highest BCUT2D eigenvalue weighted by Crippen LogP contribution is 2.32. The van der Waals surface area contributed by atoms with E-state index < -0.39 is 18.6 Å². The van der Waals surface area contributed by atoms with E-state index in [0.29, 0.717) is 10.6 Å². The number of hydrogen-bond acceptors (Lipinski definition) is 4. The highest BCUT2D eigenvalue weighted by Gasteiger charge is 2.32. The van der Waals surface area contributed by atoms with Crippen molar-refractivity contribution in [2.45, 2.75) is 6.18 Å². The quantitative estimate of drug-likeness (QED) is 0.861. The van der Waals surface area contributed by atoms with Gasteiger partial charge in [0.15, 0.2) is 11.5 Å². The van der Waals surface area contributed by atoms with Gasteiger partial charge in [0.05, 0.1) is 19.8 Å². The fourth-order valence-corrected chi connectivity index (χ4v) is 1.63. The molecule has 0 bridgehead atoms. The van der Waals surface area contributed by atoms with Gasteiger partial charge in [-0.15, -0.1) is 0 Å². The largest absolute Gasteiger partial charge is 0.493 e. The zero-order valence-electron chi connectivity index (χ0n) is 11.2. The molecule has 1 aromatic rings. The van der Waals surface area contributed by atoms with Crippen molar-refractivity contribution < 1.29 is 27.4 Å². The summed E-state index contributed by atoms with van der Waals surface area (Å²) in [6.45, 7) is -1.36. The number of hydrogen-bond donors (Lipinski definition) is 1. The normalized spacial score (nSPS) is 11.1. The highest BCUT2D eigenvalue weighted by molar-refractivity contribution is 6.00. The second-order valence-corrected chi connectivity index (χ2v) is 4.07. The maximum atomic E-state index is 12.3. The second kappa shape index (κ2) is 5.89. The molecule has 0 radical (unpaired) electrons. The summed E-state index contributed by atoms with van der Waals surface area (Å²) in [4.78, 5) is 12.5. The molecule has 1 amide bonds. The molecule has 0 atom stereocenters. The van der Waals surface area contributed by atoms with E-state index >= 15 is 0 Å². The molecule has 8 heteroatoms. The number of anilines is 1. The number of rotatable bonds is 4. The highest BCUT2D eigenvalue weighted by atomic mass is 19.4. The lowest BCUT2D eigenvalue weighted by molar-refractivity contribution is -0.138. The van der Waals surface area contributed by atoms with Gasteiger partial charge < -0.3 is 20.1 Å². The average Bonchev–Trinajstić information content (AvgIpc) is 2.35. The fraction of sp³-hybridized carbons (Fsp3) is 0.417. The first-order valence-corrected chi connectivity index (χ1v) is 5.53. The molecule has 0 aromatic heterocycles. The number of nitrogen functional groups attached to an aromatic ring is 1. The number of halogens is 3. The van der Waals surface area contributed by atoms with Gasteiger partial charge in [0.25, 0.3) is 5.91 Å². The van der Waals surface area contributed by atoms with Crippen LogP contribution in [0, 0.1) is 0 Å². The van der Waals surface area contributed by atoms with Crippen molar-refractivity contribution in [2.24, 2.45) is 0 Å². The van der Waals surface area contributed by atoms with Crippen molar-refractivity contribution in [3.8, 4) is 11.5 Å². The number of nitrogens with two attached hydrogens (primary N) is 1.